The van der Waals surface area contributed by atoms with E-state index in [4.69, 9.17) is 11.6 Å². The van der Waals surface area contributed by atoms with Gasteiger partial charge in [0.05, 0.1) is 18.1 Å². The fourth-order valence-electron chi connectivity index (χ4n) is 4.74. The van der Waals surface area contributed by atoms with Gasteiger partial charge in [0, 0.05) is 38.1 Å². The number of carbonyl (C=O) groups excluding carboxylic acids is 2. The molecular formula is C22H28ClN5O2. The second-order valence-electron chi connectivity index (χ2n) is 8.72. The number of hydrogen-bond acceptors (Lipinski definition) is 4. The molecule has 8 heteroatoms. The molecule has 0 bridgehead atoms. The maximum atomic E-state index is 12.8. The first-order valence-corrected chi connectivity index (χ1v) is 10.8. The van der Waals surface area contributed by atoms with Gasteiger partial charge < -0.3 is 10.2 Å². The molecule has 4 rings (SSSR count). The summed E-state index contributed by atoms with van der Waals surface area (Å²) in [7, 11) is 0. The van der Waals surface area contributed by atoms with E-state index in [0.29, 0.717) is 5.69 Å². The summed E-state index contributed by atoms with van der Waals surface area (Å²) in [5, 5.41) is 7.54. The van der Waals surface area contributed by atoms with Gasteiger partial charge in [-0.25, -0.2) is 4.79 Å². The van der Waals surface area contributed by atoms with Gasteiger partial charge in [0.1, 0.15) is 0 Å². The van der Waals surface area contributed by atoms with E-state index in [9.17, 15) is 9.59 Å². The van der Waals surface area contributed by atoms with Crippen molar-refractivity contribution in [1.29, 1.82) is 0 Å². The summed E-state index contributed by atoms with van der Waals surface area (Å²) in [6, 6.07) is 6.12. The standard InChI is InChI=1S/C22H28ClN5O2/c1-16-9-18(11-19(23)10-16)13-26-6-3-22(15-26)4-7-27(8-5-22)21(30)28-14-20(12-24-28)25-17(2)29/h9-12,14H,3-8,13,15H2,1-2H3,(H,25,29). The van der Waals surface area contributed by atoms with Crippen LogP contribution in [0.4, 0.5) is 10.5 Å². The third-order valence-corrected chi connectivity index (χ3v) is 6.44. The van der Waals surface area contributed by atoms with Gasteiger partial charge in [0.15, 0.2) is 0 Å². The van der Waals surface area contributed by atoms with Crippen LogP contribution >= 0.6 is 11.6 Å². The Bertz CT molecular complexity index is 929. The van der Waals surface area contributed by atoms with E-state index in [0.717, 1.165) is 50.6 Å². The average Bonchev–Trinajstić information content (AvgIpc) is 3.28. The van der Waals surface area contributed by atoms with E-state index in [1.807, 2.05) is 11.0 Å². The number of anilines is 1. The largest absolute Gasteiger partial charge is 0.344 e. The predicted molar refractivity (Wildman–Crippen MR) is 117 cm³/mol. The van der Waals surface area contributed by atoms with Crippen LogP contribution in [0.25, 0.3) is 0 Å². The van der Waals surface area contributed by atoms with Crippen molar-refractivity contribution >= 4 is 29.2 Å². The molecule has 0 saturated carbocycles. The molecule has 1 aromatic carbocycles. The van der Waals surface area contributed by atoms with Crippen LogP contribution in [-0.2, 0) is 11.3 Å². The van der Waals surface area contributed by atoms with Crippen molar-refractivity contribution in [3.8, 4) is 0 Å². The lowest BCUT2D eigenvalue weighted by Gasteiger charge is -2.39. The third kappa shape index (κ3) is 4.68. The number of hydrogen-bond donors (Lipinski definition) is 1. The van der Waals surface area contributed by atoms with Crippen LogP contribution in [0.2, 0.25) is 5.02 Å². The monoisotopic (exact) mass is 429 g/mol. The quantitative estimate of drug-likeness (QED) is 0.806. The lowest BCUT2D eigenvalue weighted by molar-refractivity contribution is -0.114. The third-order valence-electron chi connectivity index (χ3n) is 6.22. The van der Waals surface area contributed by atoms with Crippen LogP contribution in [-0.4, -0.2) is 57.7 Å². The average molecular weight is 430 g/mol. The van der Waals surface area contributed by atoms with Gasteiger partial charge in [0.2, 0.25) is 5.91 Å². The molecule has 0 unspecified atom stereocenters. The number of carbonyl (C=O) groups is 2. The summed E-state index contributed by atoms with van der Waals surface area (Å²) in [5.41, 5.74) is 3.28. The Hall–Kier alpha value is -2.38. The summed E-state index contributed by atoms with van der Waals surface area (Å²) in [5.74, 6) is -0.180. The molecule has 30 heavy (non-hydrogen) atoms. The number of nitrogens with one attached hydrogen (secondary N) is 1. The topological polar surface area (TPSA) is 70.5 Å². The number of aromatic nitrogens is 2. The molecule has 2 aromatic rings. The van der Waals surface area contributed by atoms with Crippen molar-refractivity contribution < 1.29 is 9.59 Å². The minimum atomic E-state index is -0.180. The van der Waals surface area contributed by atoms with Crippen molar-refractivity contribution in [2.24, 2.45) is 5.41 Å². The SMILES string of the molecule is CC(=O)Nc1cnn(C(=O)N2CCC3(CCN(Cc4cc(C)cc(Cl)c4)C3)CC2)c1. The Morgan fingerprint density at radius 1 is 1.17 bits per heavy atom. The molecule has 2 aliphatic rings. The van der Waals surface area contributed by atoms with Crippen molar-refractivity contribution in [1.82, 2.24) is 19.6 Å². The van der Waals surface area contributed by atoms with Crippen molar-refractivity contribution in [2.45, 2.75) is 39.7 Å². The highest BCUT2D eigenvalue weighted by atomic mass is 35.5. The molecule has 0 radical (unpaired) electrons. The molecule has 2 fully saturated rings. The summed E-state index contributed by atoms with van der Waals surface area (Å²) in [4.78, 5) is 28.3. The predicted octanol–water partition coefficient (Wildman–Crippen LogP) is 3.76. The Kier molecular flexibility index (Phi) is 5.84. The Morgan fingerprint density at radius 3 is 2.60 bits per heavy atom. The number of aryl methyl sites for hydroxylation is 1. The van der Waals surface area contributed by atoms with E-state index in [1.54, 1.807) is 6.20 Å². The highest BCUT2D eigenvalue weighted by molar-refractivity contribution is 6.30. The molecule has 1 spiro atoms. The second-order valence-corrected chi connectivity index (χ2v) is 9.16. The van der Waals surface area contributed by atoms with Crippen LogP contribution in [0.15, 0.2) is 30.6 Å². The fraction of sp³-hybridized carbons (Fsp3) is 0.500. The van der Waals surface area contributed by atoms with Gasteiger partial charge in [-0.2, -0.15) is 9.78 Å². The Morgan fingerprint density at radius 2 is 1.90 bits per heavy atom. The first-order valence-electron chi connectivity index (χ1n) is 10.4. The lowest BCUT2D eigenvalue weighted by Crippen LogP contribution is -2.45. The molecule has 2 aliphatic heterocycles. The van der Waals surface area contributed by atoms with Crippen LogP contribution in [0, 0.1) is 12.3 Å². The number of likely N-dealkylation sites (tertiary alicyclic amines) is 2. The lowest BCUT2D eigenvalue weighted by atomic mass is 9.78. The van der Waals surface area contributed by atoms with Crippen LogP contribution in [0.3, 0.4) is 0 Å². The highest BCUT2D eigenvalue weighted by Gasteiger charge is 2.41. The minimum Gasteiger partial charge on any atom is -0.324 e. The number of rotatable bonds is 3. The molecule has 2 amide bonds. The van der Waals surface area contributed by atoms with Gasteiger partial charge in [-0.05, 0) is 61.4 Å². The number of halogens is 1. The van der Waals surface area contributed by atoms with E-state index in [2.05, 4.69) is 34.4 Å². The zero-order valence-electron chi connectivity index (χ0n) is 17.5. The smallest absolute Gasteiger partial charge is 0.324 e. The molecular weight excluding hydrogens is 402 g/mol. The van der Waals surface area contributed by atoms with Crippen LogP contribution in [0.5, 0.6) is 0 Å². The molecule has 1 aromatic heterocycles. The second kappa shape index (κ2) is 8.40. The van der Waals surface area contributed by atoms with E-state index < -0.39 is 0 Å². The summed E-state index contributed by atoms with van der Waals surface area (Å²) in [6.45, 7) is 8.04. The van der Waals surface area contributed by atoms with Gasteiger partial charge in [-0.1, -0.05) is 17.7 Å². The molecule has 0 atom stereocenters. The molecule has 3 heterocycles. The normalized spacial score (nSPS) is 18.7. The van der Waals surface area contributed by atoms with Gasteiger partial charge >= 0.3 is 6.03 Å². The number of benzene rings is 1. The molecule has 0 aliphatic carbocycles. The van der Waals surface area contributed by atoms with E-state index >= 15 is 0 Å². The first-order chi connectivity index (χ1) is 14.3. The van der Waals surface area contributed by atoms with Crippen molar-refractivity contribution in [3.05, 3.63) is 46.7 Å². The van der Waals surface area contributed by atoms with Crippen molar-refractivity contribution in [2.75, 3.05) is 31.5 Å². The number of piperidine rings is 1. The zero-order valence-corrected chi connectivity index (χ0v) is 18.3. The maximum Gasteiger partial charge on any atom is 0.344 e. The maximum absolute atomic E-state index is 12.8. The zero-order chi connectivity index (χ0) is 21.3. The van der Waals surface area contributed by atoms with E-state index in [-0.39, 0.29) is 17.4 Å². The highest BCUT2D eigenvalue weighted by Crippen LogP contribution is 2.41. The Balaban J connectivity index is 1.32. The Labute approximate surface area is 182 Å². The first kappa shape index (κ1) is 20.9. The number of amides is 2. The summed E-state index contributed by atoms with van der Waals surface area (Å²) in [6.07, 6.45) is 6.24. The molecule has 160 valence electrons. The van der Waals surface area contributed by atoms with Gasteiger partial charge in [-0.3, -0.25) is 9.69 Å². The summed E-state index contributed by atoms with van der Waals surface area (Å²) >= 11 is 6.22. The summed E-state index contributed by atoms with van der Waals surface area (Å²) < 4.78 is 1.31. The molecule has 1 N–H and O–H groups in total. The number of nitrogens with zero attached hydrogens (tertiary/aromatic N) is 4. The minimum absolute atomic E-state index is 0.134. The van der Waals surface area contributed by atoms with Gasteiger partial charge in [-0.15, -0.1) is 0 Å². The van der Waals surface area contributed by atoms with Crippen LogP contribution in [0.1, 0.15) is 37.3 Å². The van der Waals surface area contributed by atoms with Crippen molar-refractivity contribution in [3.63, 3.8) is 0 Å². The van der Waals surface area contributed by atoms with Crippen LogP contribution < -0.4 is 5.32 Å². The van der Waals surface area contributed by atoms with Gasteiger partial charge in [0.25, 0.3) is 0 Å². The van der Waals surface area contributed by atoms with E-state index in [1.165, 1.54) is 35.4 Å². The fourth-order valence-corrected chi connectivity index (χ4v) is 5.06. The molecule has 7 nitrogen and oxygen atoms in total. The molecule has 2 saturated heterocycles.